The van der Waals surface area contributed by atoms with E-state index in [0.717, 1.165) is 25.3 Å². The molecule has 0 unspecified atom stereocenters. The molecule has 24 heavy (non-hydrogen) atoms. The van der Waals surface area contributed by atoms with Crippen molar-refractivity contribution in [3.63, 3.8) is 0 Å². The Morgan fingerprint density at radius 3 is 2.75 bits per heavy atom. The SMILES string of the molecule is Cn1ccnc1CN1CC[C@@H](c2ccc3ccccc3c2)[C@H](O)C1. The molecule has 0 amide bonds. The van der Waals surface area contributed by atoms with Gasteiger partial charge in [-0.1, -0.05) is 42.5 Å². The Balaban J connectivity index is 1.48. The Labute approximate surface area is 142 Å². The second kappa shape index (κ2) is 6.38. The quantitative estimate of drug-likeness (QED) is 0.806. The van der Waals surface area contributed by atoms with Crippen LogP contribution in [0, 0.1) is 0 Å². The van der Waals surface area contributed by atoms with Gasteiger partial charge in [0.25, 0.3) is 0 Å². The van der Waals surface area contributed by atoms with Crippen LogP contribution < -0.4 is 0 Å². The first-order chi connectivity index (χ1) is 11.7. The van der Waals surface area contributed by atoms with E-state index in [0.29, 0.717) is 6.54 Å². The number of hydrogen-bond donors (Lipinski definition) is 1. The highest BCUT2D eigenvalue weighted by atomic mass is 16.3. The molecule has 0 saturated carbocycles. The summed E-state index contributed by atoms with van der Waals surface area (Å²) in [7, 11) is 2.01. The van der Waals surface area contributed by atoms with Crippen LogP contribution in [0.15, 0.2) is 54.9 Å². The van der Waals surface area contributed by atoms with Gasteiger partial charge in [-0.2, -0.15) is 0 Å². The number of hydrogen-bond acceptors (Lipinski definition) is 3. The van der Waals surface area contributed by atoms with Gasteiger partial charge in [-0.15, -0.1) is 0 Å². The van der Waals surface area contributed by atoms with Crippen LogP contribution in [0.3, 0.4) is 0 Å². The van der Waals surface area contributed by atoms with Crippen LogP contribution in [-0.4, -0.2) is 38.8 Å². The van der Waals surface area contributed by atoms with Crippen molar-refractivity contribution >= 4 is 10.8 Å². The molecule has 4 heteroatoms. The molecule has 1 N–H and O–H groups in total. The maximum absolute atomic E-state index is 10.7. The number of likely N-dealkylation sites (tertiary alicyclic amines) is 1. The van der Waals surface area contributed by atoms with Crippen molar-refractivity contribution in [3.05, 3.63) is 66.2 Å². The summed E-state index contributed by atoms with van der Waals surface area (Å²) < 4.78 is 2.04. The van der Waals surface area contributed by atoms with E-state index >= 15 is 0 Å². The number of nitrogens with zero attached hydrogens (tertiary/aromatic N) is 3. The molecule has 3 aromatic rings. The smallest absolute Gasteiger partial charge is 0.122 e. The zero-order valence-electron chi connectivity index (χ0n) is 14.0. The number of aliphatic hydroxyl groups is 1. The molecule has 4 rings (SSSR count). The number of fused-ring (bicyclic) bond motifs is 1. The number of benzene rings is 2. The monoisotopic (exact) mass is 321 g/mol. The molecule has 4 nitrogen and oxygen atoms in total. The lowest BCUT2D eigenvalue weighted by molar-refractivity contribution is 0.0462. The first-order valence-electron chi connectivity index (χ1n) is 8.56. The van der Waals surface area contributed by atoms with Gasteiger partial charge >= 0.3 is 0 Å². The third-order valence-electron chi connectivity index (χ3n) is 5.15. The number of aliphatic hydroxyl groups excluding tert-OH is 1. The maximum Gasteiger partial charge on any atom is 0.122 e. The number of aryl methyl sites for hydroxylation is 1. The molecule has 0 aliphatic carbocycles. The zero-order chi connectivity index (χ0) is 16.5. The first-order valence-corrected chi connectivity index (χ1v) is 8.56. The van der Waals surface area contributed by atoms with Gasteiger partial charge in [-0.25, -0.2) is 4.98 Å². The van der Waals surface area contributed by atoms with E-state index in [1.807, 2.05) is 24.0 Å². The lowest BCUT2D eigenvalue weighted by atomic mass is 9.86. The fourth-order valence-corrected chi connectivity index (χ4v) is 3.72. The minimum absolute atomic E-state index is 0.215. The third kappa shape index (κ3) is 2.95. The Morgan fingerprint density at radius 1 is 1.17 bits per heavy atom. The van der Waals surface area contributed by atoms with Crippen molar-refractivity contribution in [1.29, 1.82) is 0 Å². The molecule has 1 aliphatic rings. The van der Waals surface area contributed by atoms with Crippen molar-refractivity contribution in [2.45, 2.75) is 25.0 Å². The van der Waals surface area contributed by atoms with E-state index in [-0.39, 0.29) is 12.0 Å². The summed E-state index contributed by atoms with van der Waals surface area (Å²) in [6.07, 6.45) is 4.44. The molecule has 1 saturated heterocycles. The zero-order valence-corrected chi connectivity index (χ0v) is 14.0. The van der Waals surface area contributed by atoms with E-state index in [1.165, 1.54) is 16.3 Å². The second-order valence-electron chi connectivity index (χ2n) is 6.76. The van der Waals surface area contributed by atoms with Crippen LogP contribution in [0.2, 0.25) is 0 Å². The van der Waals surface area contributed by atoms with E-state index in [9.17, 15) is 5.11 Å². The summed E-state index contributed by atoms with van der Waals surface area (Å²) >= 11 is 0. The predicted octanol–water partition coefficient (Wildman–Crippen LogP) is 2.92. The van der Waals surface area contributed by atoms with Crippen molar-refractivity contribution in [3.8, 4) is 0 Å². The van der Waals surface area contributed by atoms with E-state index < -0.39 is 0 Å². The predicted molar refractivity (Wildman–Crippen MR) is 95.8 cm³/mol. The van der Waals surface area contributed by atoms with Crippen molar-refractivity contribution < 1.29 is 5.11 Å². The maximum atomic E-state index is 10.7. The number of β-amino-alcohol motifs (C(OH)–C–C–N with tert-alkyl or cyclic N) is 1. The number of piperidine rings is 1. The third-order valence-corrected chi connectivity index (χ3v) is 5.15. The van der Waals surface area contributed by atoms with Gasteiger partial charge in [0.1, 0.15) is 5.82 Å². The van der Waals surface area contributed by atoms with Gasteiger partial charge in [-0.3, -0.25) is 4.90 Å². The molecule has 1 fully saturated rings. The van der Waals surface area contributed by atoms with E-state index in [4.69, 9.17) is 0 Å². The Bertz CT molecular complexity index is 842. The molecule has 2 heterocycles. The summed E-state index contributed by atoms with van der Waals surface area (Å²) in [5.41, 5.74) is 1.25. The second-order valence-corrected chi connectivity index (χ2v) is 6.76. The summed E-state index contributed by atoms with van der Waals surface area (Å²) in [6.45, 7) is 2.48. The Hall–Kier alpha value is -2.17. The summed E-state index contributed by atoms with van der Waals surface area (Å²) in [4.78, 5) is 6.68. The van der Waals surface area contributed by atoms with Crippen LogP contribution in [-0.2, 0) is 13.6 Å². The fraction of sp³-hybridized carbons (Fsp3) is 0.350. The normalized spacial score (nSPS) is 22.1. The molecule has 0 bridgehead atoms. The van der Waals surface area contributed by atoms with E-state index in [2.05, 4.69) is 52.3 Å². The van der Waals surface area contributed by atoms with Crippen molar-refractivity contribution in [2.24, 2.45) is 7.05 Å². The van der Waals surface area contributed by atoms with Crippen LogP contribution in [0.5, 0.6) is 0 Å². The average molecular weight is 321 g/mol. The highest BCUT2D eigenvalue weighted by Crippen LogP contribution is 2.31. The minimum atomic E-state index is -0.333. The lowest BCUT2D eigenvalue weighted by Crippen LogP contribution is -2.42. The highest BCUT2D eigenvalue weighted by molar-refractivity contribution is 5.83. The molecule has 0 radical (unpaired) electrons. The summed E-state index contributed by atoms with van der Waals surface area (Å²) in [5.74, 6) is 1.26. The number of imidazole rings is 1. The van der Waals surface area contributed by atoms with Gasteiger partial charge < -0.3 is 9.67 Å². The highest BCUT2D eigenvalue weighted by Gasteiger charge is 2.29. The molecule has 2 atom stereocenters. The van der Waals surface area contributed by atoms with Gasteiger partial charge in [0.15, 0.2) is 0 Å². The van der Waals surface area contributed by atoms with Crippen LogP contribution in [0.25, 0.3) is 10.8 Å². The summed E-state index contributed by atoms with van der Waals surface area (Å²) in [5, 5.41) is 13.2. The molecule has 0 spiro atoms. The van der Waals surface area contributed by atoms with Gasteiger partial charge in [0, 0.05) is 31.9 Å². The molecular weight excluding hydrogens is 298 g/mol. The Morgan fingerprint density at radius 2 is 2.00 bits per heavy atom. The van der Waals surface area contributed by atoms with Crippen LogP contribution in [0.4, 0.5) is 0 Å². The molecule has 1 aliphatic heterocycles. The fourth-order valence-electron chi connectivity index (χ4n) is 3.72. The van der Waals surface area contributed by atoms with Gasteiger partial charge in [-0.05, 0) is 29.3 Å². The van der Waals surface area contributed by atoms with Crippen molar-refractivity contribution in [2.75, 3.05) is 13.1 Å². The van der Waals surface area contributed by atoms with E-state index in [1.54, 1.807) is 0 Å². The van der Waals surface area contributed by atoms with Crippen LogP contribution in [0.1, 0.15) is 23.7 Å². The van der Waals surface area contributed by atoms with Gasteiger partial charge in [0.05, 0.1) is 12.6 Å². The molecule has 1 aromatic heterocycles. The van der Waals surface area contributed by atoms with Crippen LogP contribution >= 0.6 is 0 Å². The molecular formula is C20H23N3O. The van der Waals surface area contributed by atoms with Gasteiger partial charge in [0.2, 0.25) is 0 Å². The average Bonchev–Trinajstić information content (AvgIpc) is 2.99. The molecule has 2 aromatic carbocycles. The standard InChI is InChI=1S/C20H23N3O/c1-22-11-9-21-20(22)14-23-10-8-18(19(24)13-23)17-7-6-15-4-2-3-5-16(15)12-17/h2-7,9,11-12,18-19,24H,8,10,13-14H2,1H3/t18-,19+/m0/s1. The minimum Gasteiger partial charge on any atom is -0.391 e. The number of rotatable bonds is 3. The van der Waals surface area contributed by atoms with Crippen molar-refractivity contribution in [1.82, 2.24) is 14.5 Å². The first kappa shape index (κ1) is 15.4. The molecule has 124 valence electrons. The number of aromatic nitrogens is 2. The summed E-state index contributed by atoms with van der Waals surface area (Å²) in [6, 6.07) is 15.0. The lowest BCUT2D eigenvalue weighted by Gasteiger charge is -2.36. The topological polar surface area (TPSA) is 41.3 Å². The Kier molecular flexibility index (Phi) is 4.08. The largest absolute Gasteiger partial charge is 0.391 e.